The van der Waals surface area contributed by atoms with Crippen molar-refractivity contribution in [2.24, 2.45) is 0 Å². The van der Waals surface area contributed by atoms with Crippen LogP contribution in [0.3, 0.4) is 0 Å². The predicted molar refractivity (Wildman–Crippen MR) is 108 cm³/mol. The molecule has 3 nitrogen and oxygen atoms in total. The average Bonchev–Trinajstić information content (AvgIpc) is 3.21. The minimum Gasteiger partial charge on any atom is -0.468 e. The SMILES string of the molecule is CCC[C@@H](ON[C@@H](Cc1ccc(Br)cc1)c1ccco1)c1ccccc1. The predicted octanol–water partition coefficient (Wildman–Crippen LogP) is 6.39. The van der Waals surface area contributed by atoms with Crippen molar-refractivity contribution in [3.8, 4) is 0 Å². The van der Waals surface area contributed by atoms with Crippen molar-refractivity contribution in [1.82, 2.24) is 5.48 Å². The van der Waals surface area contributed by atoms with Gasteiger partial charge in [-0.1, -0.05) is 71.7 Å². The average molecular weight is 414 g/mol. The van der Waals surface area contributed by atoms with Crippen LogP contribution in [0.5, 0.6) is 0 Å². The van der Waals surface area contributed by atoms with Crippen LogP contribution in [0.2, 0.25) is 0 Å². The van der Waals surface area contributed by atoms with Gasteiger partial charge in [-0.3, -0.25) is 4.84 Å². The molecule has 0 bridgehead atoms. The van der Waals surface area contributed by atoms with Gasteiger partial charge in [0.2, 0.25) is 0 Å². The number of hydrogen-bond acceptors (Lipinski definition) is 3. The van der Waals surface area contributed by atoms with E-state index in [0.29, 0.717) is 0 Å². The van der Waals surface area contributed by atoms with Crippen LogP contribution in [-0.4, -0.2) is 0 Å². The van der Waals surface area contributed by atoms with Gasteiger partial charge in [0.05, 0.1) is 12.3 Å². The standard InChI is InChI=1S/C22H24BrNO2/c1-2-7-21(18-8-4-3-5-9-18)26-24-20(22-10-6-15-25-22)16-17-11-13-19(23)14-12-17/h3-6,8-15,20-21,24H,2,7,16H2,1H3/t20-,21+/m0/s1. The molecule has 1 N–H and O–H groups in total. The first-order valence-electron chi connectivity index (χ1n) is 9.00. The molecule has 0 aliphatic heterocycles. The summed E-state index contributed by atoms with van der Waals surface area (Å²) in [6.07, 6.45) is 4.52. The molecule has 4 heteroatoms. The van der Waals surface area contributed by atoms with E-state index >= 15 is 0 Å². The lowest BCUT2D eigenvalue weighted by molar-refractivity contribution is -0.0539. The maximum absolute atomic E-state index is 6.13. The van der Waals surface area contributed by atoms with Gasteiger partial charge in [0, 0.05) is 4.47 Å². The number of benzene rings is 2. The van der Waals surface area contributed by atoms with E-state index in [1.807, 2.05) is 30.3 Å². The molecule has 0 unspecified atom stereocenters. The number of rotatable bonds is 9. The molecule has 2 aromatic carbocycles. The normalized spacial score (nSPS) is 13.5. The summed E-state index contributed by atoms with van der Waals surface area (Å²) >= 11 is 3.48. The lowest BCUT2D eigenvalue weighted by atomic mass is 10.0. The van der Waals surface area contributed by atoms with Crippen molar-refractivity contribution < 1.29 is 9.25 Å². The van der Waals surface area contributed by atoms with Crippen LogP contribution in [0, 0.1) is 0 Å². The first-order chi connectivity index (χ1) is 12.8. The van der Waals surface area contributed by atoms with E-state index in [0.717, 1.165) is 29.5 Å². The highest BCUT2D eigenvalue weighted by molar-refractivity contribution is 9.10. The molecule has 3 aromatic rings. The van der Waals surface area contributed by atoms with Gasteiger partial charge in [0.1, 0.15) is 11.9 Å². The van der Waals surface area contributed by atoms with E-state index in [1.54, 1.807) is 6.26 Å². The first kappa shape index (κ1) is 18.9. The van der Waals surface area contributed by atoms with Gasteiger partial charge >= 0.3 is 0 Å². The molecule has 1 aromatic heterocycles. The molecule has 0 spiro atoms. The molecule has 26 heavy (non-hydrogen) atoms. The van der Waals surface area contributed by atoms with Crippen LogP contribution in [0.1, 0.15) is 48.8 Å². The second-order valence-corrected chi connectivity index (χ2v) is 7.24. The molecule has 3 rings (SSSR count). The van der Waals surface area contributed by atoms with E-state index < -0.39 is 0 Å². The minimum atomic E-state index is -0.0470. The van der Waals surface area contributed by atoms with Gasteiger partial charge in [-0.25, -0.2) is 0 Å². The van der Waals surface area contributed by atoms with Crippen molar-refractivity contribution in [1.29, 1.82) is 0 Å². The third-order valence-electron chi connectivity index (χ3n) is 4.31. The van der Waals surface area contributed by atoms with Crippen LogP contribution in [-0.2, 0) is 11.3 Å². The molecule has 0 amide bonds. The molecule has 0 fully saturated rings. The highest BCUT2D eigenvalue weighted by Crippen LogP contribution is 2.25. The Morgan fingerprint density at radius 2 is 1.77 bits per heavy atom. The summed E-state index contributed by atoms with van der Waals surface area (Å²) in [5, 5.41) is 0. The van der Waals surface area contributed by atoms with Crippen LogP contribution in [0.15, 0.2) is 81.9 Å². The first-order valence-corrected chi connectivity index (χ1v) is 9.79. The Balaban J connectivity index is 1.71. The monoisotopic (exact) mass is 413 g/mol. The van der Waals surface area contributed by atoms with Crippen molar-refractivity contribution >= 4 is 15.9 Å². The fourth-order valence-corrected chi connectivity index (χ4v) is 3.20. The second-order valence-electron chi connectivity index (χ2n) is 6.32. The van der Waals surface area contributed by atoms with Crippen LogP contribution < -0.4 is 5.48 Å². The van der Waals surface area contributed by atoms with Crippen molar-refractivity contribution in [3.63, 3.8) is 0 Å². The van der Waals surface area contributed by atoms with Gasteiger partial charge in [0.15, 0.2) is 0 Å². The molecule has 1 heterocycles. The van der Waals surface area contributed by atoms with E-state index in [1.165, 1.54) is 11.1 Å². The molecule has 0 saturated carbocycles. The van der Waals surface area contributed by atoms with Crippen molar-refractivity contribution in [3.05, 3.63) is 94.4 Å². The summed E-state index contributed by atoms with van der Waals surface area (Å²) in [5.74, 6) is 0.872. The fraction of sp³-hybridized carbons (Fsp3) is 0.273. The minimum absolute atomic E-state index is 0.0172. The third kappa shape index (κ3) is 5.31. The van der Waals surface area contributed by atoms with E-state index in [-0.39, 0.29) is 12.1 Å². The number of nitrogens with one attached hydrogen (secondary N) is 1. The number of hydroxylamine groups is 1. The zero-order valence-electron chi connectivity index (χ0n) is 14.9. The molecule has 2 atom stereocenters. The van der Waals surface area contributed by atoms with Crippen LogP contribution in [0.4, 0.5) is 0 Å². The Kier molecular flexibility index (Phi) is 7.06. The highest BCUT2D eigenvalue weighted by Gasteiger charge is 2.19. The topological polar surface area (TPSA) is 34.4 Å². The van der Waals surface area contributed by atoms with Gasteiger partial charge in [-0.2, -0.15) is 5.48 Å². The maximum Gasteiger partial charge on any atom is 0.123 e. The van der Waals surface area contributed by atoms with Gasteiger partial charge in [-0.05, 0) is 48.2 Å². The Hall–Kier alpha value is -1.88. The molecule has 0 aliphatic rings. The largest absolute Gasteiger partial charge is 0.468 e. The Labute approximate surface area is 163 Å². The lowest BCUT2D eigenvalue weighted by Crippen LogP contribution is -2.25. The highest BCUT2D eigenvalue weighted by atomic mass is 79.9. The summed E-state index contributed by atoms with van der Waals surface area (Å²) in [6, 6.07) is 22.5. The van der Waals surface area contributed by atoms with Gasteiger partial charge in [0.25, 0.3) is 0 Å². The molecule has 0 saturated heterocycles. The summed E-state index contributed by atoms with van der Waals surface area (Å²) in [4.78, 5) is 6.13. The maximum atomic E-state index is 6.13. The molecular formula is C22H24BrNO2. The molecule has 136 valence electrons. The fourth-order valence-electron chi connectivity index (χ4n) is 2.93. The van der Waals surface area contributed by atoms with Crippen molar-refractivity contribution in [2.45, 2.75) is 38.3 Å². The number of halogens is 1. The third-order valence-corrected chi connectivity index (χ3v) is 4.84. The molecule has 0 aliphatic carbocycles. The Morgan fingerprint density at radius 3 is 2.42 bits per heavy atom. The van der Waals surface area contributed by atoms with E-state index in [9.17, 15) is 0 Å². The summed E-state index contributed by atoms with van der Waals surface area (Å²) in [6.45, 7) is 2.17. The molecule has 0 radical (unpaired) electrons. The lowest BCUT2D eigenvalue weighted by Gasteiger charge is -2.22. The zero-order chi connectivity index (χ0) is 18.2. The number of hydrogen-bond donors (Lipinski definition) is 1. The second kappa shape index (κ2) is 9.72. The zero-order valence-corrected chi connectivity index (χ0v) is 16.5. The number of furan rings is 1. The van der Waals surface area contributed by atoms with E-state index in [4.69, 9.17) is 9.25 Å². The summed E-state index contributed by atoms with van der Waals surface area (Å²) in [7, 11) is 0. The quantitative estimate of drug-likeness (QED) is 0.412. The smallest absolute Gasteiger partial charge is 0.123 e. The summed E-state index contributed by atoms with van der Waals surface area (Å²) in [5.41, 5.74) is 5.67. The van der Waals surface area contributed by atoms with Crippen LogP contribution >= 0.6 is 15.9 Å². The van der Waals surface area contributed by atoms with Crippen molar-refractivity contribution in [2.75, 3.05) is 0 Å². The summed E-state index contributed by atoms with van der Waals surface area (Å²) < 4.78 is 6.71. The molecular weight excluding hydrogens is 390 g/mol. The van der Waals surface area contributed by atoms with Crippen LogP contribution in [0.25, 0.3) is 0 Å². The Morgan fingerprint density at radius 1 is 1.00 bits per heavy atom. The Bertz CT molecular complexity index is 757. The van der Waals surface area contributed by atoms with Gasteiger partial charge < -0.3 is 4.42 Å². The van der Waals surface area contributed by atoms with E-state index in [2.05, 4.69) is 64.7 Å². The van der Waals surface area contributed by atoms with Gasteiger partial charge in [-0.15, -0.1) is 0 Å².